The predicted molar refractivity (Wildman–Crippen MR) is 92.8 cm³/mol. The molecule has 0 radical (unpaired) electrons. The quantitative estimate of drug-likeness (QED) is 0.393. The van der Waals surface area contributed by atoms with Crippen LogP contribution < -0.4 is 14.8 Å². The monoisotopic (exact) mass is 347 g/mol. The number of aliphatic hydroxyl groups is 1. The number of carbonyl (C=O) groups excluding carboxylic acids is 1. The van der Waals surface area contributed by atoms with Crippen molar-refractivity contribution in [3.8, 4) is 11.5 Å². The second-order valence-corrected chi connectivity index (χ2v) is 5.40. The van der Waals surface area contributed by atoms with Crippen molar-refractivity contribution in [2.24, 2.45) is 0 Å². The van der Waals surface area contributed by atoms with Crippen LogP contribution in [-0.4, -0.2) is 43.6 Å². The van der Waals surface area contributed by atoms with Gasteiger partial charge in [0.25, 0.3) is 0 Å². The molecule has 0 saturated carbocycles. The lowest BCUT2D eigenvalue weighted by Crippen LogP contribution is -2.34. The van der Waals surface area contributed by atoms with E-state index in [9.17, 15) is 14.3 Å². The molecule has 0 spiro atoms. The van der Waals surface area contributed by atoms with E-state index in [4.69, 9.17) is 9.47 Å². The van der Waals surface area contributed by atoms with E-state index in [1.165, 1.54) is 0 Å². The molecule has 5 nitrogen and oxygen atoms in total. The Labute approximate surface area is 146 Å². The summed E-state index contributed by atoms with van der Waals surface area (Å²) in [4.78, 5) is 12.0. The second kappa shape index (κ2) is 9.76. The number of halogens is 1. The minimum absolute atomic E-state index is 0.226. The number of benzene rings is 2. The maximum absolute atomic E-state index is 13.9. The summed E-state index contributed by atoms with van der Waals surface area (Å²) in [5.41, 5.74) is 0.363. The fourth-order valence-corrected chi connectivity index (χ4v) is 2.30. The smallest absolute Gasteiger partial charge is 0.191 e. The van der Waals surface area contributed by atoms with Crippen LogP contribution in [0.2, 0.25) is 0 Å². The predicted octanol–water partition coefficient (Wildman–Crippen LogP) is 2.59. The van der Waals surface area contributed by atoms with Crippen LogP contribution in [0.15, 0.2) is 54.6 Å². The number of rotatable bonds is 10. The van der Waals surface area contributed by atoms with Crippen LogP contribution >= 0.6 is 0 Å². The van der Waals surface area contributed by atoms with E-state index >= 15 is 0 Å². The van der Waals surface area contributed by atoms with Gasteiger partial charge in [-0.05, 0) is 12.1 Å². The first-order chi connectivity index (χ1) is 12.1. The SMILES string of the molecule is COc1ccccc1OCCNC(F)CC(O)C(=O)c1ccccc1. The Morgan fingerprint density at radius 1 is 1.12 bits per heavy atom. The first-order valence-electron chi connectivity index (χ1n) is 8.02. The van der Waals surface area contributed by atoms with Gasteiger partial charge >= 0.3 is 0 Å². The van der Waals surface area contributed by atoms with Crippen LogP contribution in [0.1, 0.15) is 16.8 Å². The molecule has 2 rings (SSSR count). The molecule has 0 amide bonds. The number of aliphatic hydroxyl groups excluding tert-OH is 1. The average Bonchev–Trinajstić information content (AvgIpc) is 2.65. The molecule has 2 aromatic carbocycles. The normalized spacial score (nSPS) is 13.1. The summed E-state index contributed by atoms with van der Waals surface area (Å²) < 4.78 is 24.6. The lowest BCUT2D eigenvalue weighted by Gasteiger charge is -2.15. The van der Waals surface area contributed by atoms with Gasteiger partial charge in [0.05, 0.1) is 7.11 Å². The molecule has 0 aromatic heterocycles. The molecule has 0 aliphatic rings. The van der Waals surface area contributed by atoms with E-state index in [-0.39, 0.29) is 19.6 Å². The van der Waals surface area contributed by atoms with Gasteiger partial charge in [-0.2, -0.15) is 0 Å². The molecule has 2 unspecified atom stereocenters. The molecule has 25 heavy (non-hydrogen) atoms. The summed E-state index contributed by atoms with van der Waals surface area (Å²) in [7, 11) is 1.54. The van der Waals surface area contributed by atoms with Crippen molar-refractivity contribution in [1.82, 2.24) is 5.32 Å². The van der Waals surface area contributed by atoms with E-state index in [0.717, 1.165) is 0 Å². The third-order valence-corrected chi connectivity index (χ3v) is 3.59. The Morgan fingerprint density at radius 3 is 2.44 bits per heavy atom. The zero-order chi connectivity index (χ0) is 18.1. The molecular weight excluding hydrogens is 325 g/mol. The number of hydrogen-bond acceptors (Lipinski definition) is 5. The number of alkyl halides is 1. The molecule has 2 aromatic rings. The number of Topliss-reactive ketones (excluding diaryl/α,β-unsaturated/α-hetero) is 1. The van der Waals surface area contributed by atoms with Crippen LogP contribution in [-0.2, 0) is 0 Å². The number of carbonyl (C=O) groups is 1. The largest absolute Gasteiger partial charge is 0.493 e. The maximum atomic E-state index is 13.9. The molecule has 0 saturated heterocycles. The van der Waals surface area contributed by atoms with E-state index in [0.29, 0.717) is 17.1 Å². The first-order valence-corrected chi connectivity index (χ1v) is 8.02. The Balaban J connectivity index is 1.71. The molecule has 0 bridgehead atoms. The summed E-state index contributed by atoms with van der Waals surface area (Å²) in [6, 6.07) is 15.5. The van der Waals surface area contributed by atoms with E-state index in [2.05, 4.69) is 5.32 Å². The highest BCUT2D eigenvalue weighted by Gasteiger charge is 2.21. The van der Waals surface area contributed by atoms with Crippen LogP contribution in [0.25, 0.3) is 0 Å². The number of ether oxygens (including phenoxy) is 2. The van der Waals surface area contributed by atoms with Crippen LogP contribution in [0.3, 0.4) is 0 Å². The Morgan fingerprint density at radius 2 is 1.76 bits per heavy atom. The minimum atomic E-state index is -1.51. The minimum Gasteiger partial charge on any atom is -0.493 e. The van der Waals surface area contributed by atoms with Gasteiger partial charge < -0.3 is 14.6 Å². The molecule has 6 heteroatoms. The standard InChI is InChI=1S/C19H22FNO4/c1-24-16-9-5-6-10-17(16)25-12-11-21-18(20)13-15(22)19(23)14-7-3-2-4-8-14/h2-10,15,18,21-22H,11-13H2,1H3. The number of hydrogen-bond donors (Lipinski definition) is 2. The molecule has 2 N–H and O–H groups in total. The summed E-state index contributed by atoms with van der Waals surface area (Å²) in [6.45, 7) is 0.453. The first kappa shape index (κ1) is 18.9. The number of methoxy groups -OCH3 is 1. The zero-order valence-electron chi connectivity index (χ0n) is 14.0. The van der Waals surface area contributed by atoms with Gasteiger partial charge in [-0.25, -0.2) is 4.39 Å². The molecule has 0 fully saturated rings. The highest BCUT2D eigenvalue weighted by Crippen LogP contribution is 2.25. The van der Waals surface area contributed by atoms with Gasteiger partial charge in [0.1, 0.15) is 12.7 Å². The van der Waals surface area contributed by atoms with Crippen molar-refractivity contribution in [3.05, 3.63) is 60.2 Å². The van der Waals surface area contributed by atoms with Crippen molar-refractivity contribution >= 4 is 5.78 Å². The van der Waals surface area contributed by atoms with Gasteiger partial charge in [-0.1, -0.05) is 42.5 Å². The summed E-state index contributed by atoms with van der Waals surface area (Å²) in [5.74, 6) is 0.681. The van der Waals surface area contributed by atoms with E-state index in [1.807, 2.05) is 12.1 Å². The third-order valence-electron chi connectivity index (χ3n) is 3.59. The van der Waals surface area contributed by atoms with Gasteiger partial charge in [0, 0.05) is 18.5 Å². The molecule has 134 valence electrons. The molecule has 0 aliphatic heterocycles. The fraction of sp³-hybridized carbons (Fsp3) is 0.316. The lowest BCUT2D eigenvalue weighted by molar-refractivity contribution is 0.0637. The summed E-state index contributed by atoms with van der Waals surface area (Å²) in [6.07, 6.45) is -3.22. The van der Waals surface area contributed by atoms with Gasteiger partial charge in [-0.3, -0.25) is 10.1 Å². The highest BCUT2D eigenvalue weighted by atomic mass is 19.1. The summed E-state index contributed by atoms with van der Waals surface area (Å²) in [5, 5.41) is 12.4. The van der Waals surface area contributed by atoms with Gasteiger partial charge in [-0.15, -0.1) is 0 Å². The van der Waals surface area contributed by atoms with Gasteiger partial charge in [0.15, 0.2) is 23.6 Å². The molecule has 0 aliphatic carbocycles. The van der Waals surface area contributed by atoms with Crippen LogP contribution in [0.5, 0.6) is 11.5 Å². The Hall–Kier alpha value is -2.44. The van der Waals surface area contributed by atoms with Crippen molar-refractivity contribution in [1.29, 1.82) is 0 Å². The second-order valence-electron chi connectivity index (χ2n) is 5.40. The number of ketones is 1. The maximum Gasteiger partial charge on any atom is 0.191 e. The lowest BCUT2D eigenvalue weighted by atomic mass is 10.0. The van der Waals surface area contributed by atoms with Crippen LogP contribution in [0, 0.1) is 0 Å². The van der Waals surface area contributed by atoms with Crippen molar-refractivity contribution in [2.45, 2.75) is 18.8 Å². The Kier molecular flexibility index (Phi) is 7.37. The highest BCUT2D eigenvalue weighted by molar-refractivity contribution is 5.99. The summed E-state index contributed by atoms with van der Waals surface area (Å²) >= 11 is 0. The fourth-order valence-electron chi connectivity index (χ4n) is 2.30. The number of para-hydroxylation sites is 2. The Bertz CT molecular complexity index is 665. The van der Waals surface area contributed by atoms with Crippen molar-refractivity contribution in [2.75, 3.05) is 20.3 Å². The molecule has 0 heterocycles. The third kappa shape index (κ3) is 5.85. The zero-order valence-corrected chi connectivity index (χ0v) is 14.0. The molecule has 2 atom stereocenters. The van der Waals surface area contributed by atoms with Crippen LogP contribution in [0.4, 0.5) is 4.39 Å². The van der Waals surface area contributed by atoms with E-state index < -0.39 is 18.2 Å². The van der Waals surface area contributed by atoms with Crippen molar-refractivity contribution in [3.63, 3.8) is 0 Å². The number of nitrogens with one attached hydrogen (secondary N) is 1. The van der Waals surface area contributed by atoms with Gasteiger partial charge in [0.2, 0.25) is 0 Å². The van der Waals surface area contributed by atoms with Crippen molar-refractivity contribution < 1.29 is 23.8 Å². The average molecular weight is 347 g/mol. The molecular formula is C19H22FNO4. The topological polar surface area (TPSA) is 67.8 Å². The van der Waals surface area contributed by atoms with E-state index in [1.54, 1.807) is 49.6 Å².